The molecule has 1 aromatic carbocycles. The molecule has 4 nitrogen and oxygen atoms in total. The smallest absolute Gasteiger partial charge is 0.337 e. The highest BCUT2D eigenvalue weighted by atomic mass is 35.5. The van der Waals surface area contributed by atoms with Crippen LogP contribution in [0.5, 0.6) is 0 Å². The Bertz CT molecular complexity index is 367. The molecule has 2 N–H and O–H groups in total. The van der Waals surface area contributed by atoms with Crippen molar-refractivity contribution in [3.63, 3.8) is 0 Å². The van der Waals surface area contributed by atoms with E-state index in [0.29, 0.717) is 11.6 Å². The highest BCUT2D eigenvalue weighted by Gasteiger charge is 2.16. The first-order valence-electron chi connectivity index (χ1n) is 4.95. The largest absolute Gasteiger partial charge is 0.465 e. The van der Waals surface area contributed by atoms with Crippen LogP contribution in [0.15, 0.2) is 24.3 Å². The maximum absolute atomic E-state index is 11.3. The van der Waals surface area contributed by atoms with Crippen LogP contribution >= 0.6 is 12.4 Å². The molecule has 88 valence electrons. The van der Waals surface area contributed by atoms with Crippen LogP contribution in [0.3, 0.4) is 0 Å². The summed E-state index contributed by atoms with van der Waals surface area (Å²) in [7, 11) is 1.39. The zero-order valence-electron chi connectivity index (χ0n) is 9.03. The Morgan fingerprint density at radius 2 is 2.25 bits per heavy atom. The molecule has 5 heteroatoms. The number of carbonyl (C=O) groups is 1. The van der Waals surface area contributed by atoms with E-state index < -0.39 is 0 Å². The number of nitrogens with one attached hydrogen (secondary N) is 2. The zero-order valence-corrected chi connectivity index (χ0v) is 9.84. The number of methoxy groups -OCH3 is 1. The molecular formula is C11H15ClN2O2. The van der Waals surface area contributed by atoms with E-state index in [-0.39, 0.29) is 18.4 Å². The monoisotopic (exact) mass is 242 g/mol. The maximum Gasteiger partial charge on any atom is 0.337 e. The summed E-state index contributed by atoms with van der Waals surface area (Å²) in [5.74, 6) is -0.301. The van der Waals surface area contributed by atoms with Gasteiger partial charge in [0.15, 0.2) is 0 Å². The summed E-state index contributed by atoms with van der Waals surface area (Å²) in [6.07, 6.45) is 0. The van der Waals surface area contributed by atoms with Crippen molar-refractivity contribution >= 4 is 24.1 Å². The predicted molar refractivity (Wildman–Crippen MR) is 65.3 cm³/mol. The Hall–Kier alpha value is -1.26. The van der Waals surface area contributed by atoms with Crippen LogP contribution in [0, 0.1) is 0 Å². The van der Waals surface area contributed by atoms with Crippen molar-refractivity contribution in [1.29, 1.82) is 0 Å². The highest BCUT2D eigenvalue weighted by molar-refractivity contribution is 5.90. The average molecular weight is 243 g/mol. The first kappa shape index (κ1) is 12.8. The molecule has 0 bridgehead atoms. The van der Waals surface area contributed by atoms with Gasteiger partial charge in [0.2, 0.25) is 0 Å². The molecule has 2 rings (SSSR count). The molecule has 0 unspecified atom stereocenters. The third kappa shape index (κ3) is 2.87. The van der Waals surface area contributed by atoms with Gasteiger partial charge in [-0.25, -0.2) is 4.79 Å². The van der Waals surface area contributed by atoms with Gasteiger partial charge in [0.25, 0.3) is 0 Å². The standard InChI is InChI=1S/C11H14N2O2.ClH/c1-15-11(14)8-3-2-4-9(5-8)13-10-6-12-7-10;/h2-5,10,12-13H,6-7H2,1H3;1H. The van der Waals surface area contributed by atoms with Crippen molar-refractivity contribution in [3.8, 4) is 0 Å². The predicted octanol–water partition coefficient (Wildman–Crippen LogP) is 1.28. The summed E-state index contributed by atoms with van der Waals surface area (Å²) >= 11 is 0. The van der Waals surface area contributed by atoms with Gasteiger partial charge in [0.1, 0.15) is 0 Å². The molecule has 0 radical (unpaired) electrons. The van der Waals surface area contributed by atoms with E-state index in [1.165, 1.54) is 7.11 Å². The maximum atomic E-state index is 11.3. The lowest BCUT2D eigenvalue weighted by molar-refractivity contribution is 0.0601. The van der Waals surface area contributed by atoms with Gasteiger partial charge < -0.3 is 15.4 Å². The quantitative estimate of drug-likeness (QED) is 0.784. The van der Waals surface area contributed by atoms with Gasteiger partial charge in [0.05, 0.1) is 18.7 Å². The van der Waals surface area contributed by atoms with Crippen LogP contribution in [0.2, 0.25) is 0 Å². The van der Waals surface area contributed by atoms with Gasteiger partial charge in [-0.15, -0.1) is 12.4 Å². The number of anilines is 1. The fourth-order valence-electron chi connectivity index (χ4n) is 1.48. The Kier molecular flexibility index (Phi) is 4.58. The summed E-state index contributed by atoms with van der Waals surface area (Å²) in [6.45, 7) is 1.95. The third-order valence-electron chi connectivity index (χ3n) is 2.44. The molecule has 0 amide bonds. The fourth-order valence-corrected chi connectivity index (χ4v) is 1.48. The third-order valence-corrected chi connectivity index (χ3v) is 2.44. The molecule has 1 heterocycles. The van der Waals surface area contributed by atoms with Gasteiger partial charge in [-0.1, -0.05) is 6.07 Å². The Labute approximate surface area is 101 Å². The van der Waals surface area contributed by atoms with Gasteiger partial charge >= 0.3 is 5.97 Å². The number of hydrogen-bond acceptors (Lipinski definition) is 4. The minimum Gasteiger partial charge on any atom is -0.465 e. The van der Waals surface area contributed by atoms with Crippen LogP contribution in [0.4, 0.5) is 5.69 Å². The number of hydrogen-bond donors (Lipinski definition) is 2. The molecular weight excluding hydrogens is 228 g/mol. The topological polar surface area (TPSA) is 50.4 Å². The Morgan fingerprint density at radius 3 is 2.81 bits per heavy atom. The van der Waals surface area contributed by atoms with E-state index in [2.05, 4.69) is 15.4 Å². The van der Waals surface area contributed by atoms with Gasteiger partial charge in [-0.3, -0.25) is 0 Å². The number of esters is 1. The Balaban J connectivity index is 0.00000128. The molecule has 0 spiro atoms. The normalized spacial score (nSPS) is 14.6. The van der Waals surface area contributed by atoms with Crippen LogP contribution < -0.4 is 10.6 Å². The molecule has 1 aliphatic rings. The summed E-state index contributed by atoms with van der Waals surface area (Å²) in [6, 6.07) is 7.82. The van der Waals surface area contributed by atoms with E-state index >= 15 is 0 Å². The van der Waals surface area contributed by atoms with Gasteiger partial charge in [0, 0.05) is 18.8 Å². The van der Waals surface area contributed by atoms with E-state index in [0.717, 1.165) is 18.8 Å². The van der Waals surface area contributed by atoms with E-state index in [1.807, 2.05) is 18.2 Å². The molecule has 0 aromatic heterocycles. The lowest BCUT2D eigenvalue weighted by Gasteiger charge is -2.29. The molecule has 0 aliphatic carbocycles. The molecule has 0 atom stereocenters. The SMILES string of the molecule is COC(=O)c1cccc(NC2CNC2)c1.Cl. The van der Waals surface area contributed by atoms with E-state index in [9.17, 15) is 4.79 Å². The second kappa shape index (κ2) is 5.72. The lowest BCUT2D eigenvalue weighted by atomic mass is 10.1. The molecule has 0 saturated carbocycles. The lowest BCUT2D eigenvalue weighted by Crippen LogP contribution is -2.51. The number of carbonyl (C=O) groups excluding carboxylic acids is 1. The van der Waals surface area contributed by atoms with Crippen molar-refractivity contribution < 1.29 is 9.53 Å². The second-order valence-corrected chi connectivity index (χ2v) is 3.57. The summed E-state index contributed by atoms with van der Waals surface area (Å²) in [4.78, 5) is 11.3. The van der Waals surface area contributed by atoms with Crippen LogP contribution in [-0.2, 0) is 4.74 Å². The second-order valence-electron chi connectivity index (χ2n) is 3.57. The molecule has 1 aliphatic heterocycles. The minimum absolute atomic E-state index is 0. The average Bonchev–Trinajstić information content (AvgIpc) is 2.23. The van der Waals surface area contributed by atoms with Gasteiger partial charge in [-0.05, 0) is 18.2 Å². The fraction of sp³-hybridized carbons (Fsp3) is 0.364. The first-order valence-corrected chi connectivity index (χ1v) is 4.95. The van der Waals surface area contributed by atoms with E-state index in [1.54, 1.807) is 6.07 Å². The number of halogens is 1. The van der Waals surface area contributed by atoms with Crippen molar-refractivity contribution in [2.45, 2.75) is 6.04 Å². The molecule has 1 saturated heterocycles. The highest BCUT2D eigenvalue weighted by Crippen LogP contribution is 2.13. The minimum atomic E-state index is -0.301. The molecule has 16 heavy (non-hydrogen) atoms. The van der Waals surface area contributed by atoms with Crippen molar-refractivity contribution in [3.05, 3.63) is 29.8 Å². The van der Waals surface area contributed by atoms with E-state index in [4.69, 9.17) is 0 Å². The zero-order chi connectivity index (χ0) is 10.7. The Morgan fingerprint density at radius 1 is 1.50 bits per heavy atom. The van der Waals surface area contributed by atoms with Crippen LogP contribution in [0.25, 0.3) is 0 Å². The van der Waals surface area contributed by atoms with Crippen molar-refractivity contribution in [2.75, 3.05) is 25.5 Å². The van der Waals surface area contributed by atoms with Crippen LogP contribution in [-0.4, -0.2) is 32.2 Å². The van der Waals surface area contributed by atoms with Gasteiger partial charge in [-0.2, -0.15) is 0 Å². The van der Waals surface area contributed by atoms with Crippen LogP contribution in [0.1, 0.15) is 10.4 Å². The number of rotatable bonds is 3. The number of ether oxygens (including phenoxy) is 1. The first-order chi connectivity index (χ1) is 7.29. The summed E-state index contributed by atoms with van der Waals surface area (Å²) in [5, 5.41) is 6.50. The van der Waals surface area contributed by atoms with Crippen molar-refractivity contribution in [2.24, 2.45) is 0 Å². The van der Waals surface area contributed by atoms with Crippen molar-refractivity contribution in [1.82, 2.24) is 5.32 Å². The number of benzene rings is 1. The molecule has 1 aromatic rings. The molecule has 1 fully saturated rings. The summed E-state index contributed by atoms with van der Waals surface area (Å²) in [5.41, 5.74) is 1.54. The summed E-state index contributed by atoms with van der Waals surface area (Å²) < 4.78 is 4.66.